The molecule has 2 amide bonds. The van der Waals surface area contributed by atoms with E-state index >= 15 is 0 Å². The van der Waals surface area contributed by atoms with Gasteiger partial charge in [-0.05, 0) is 55.7 Å². The Morgan fingerprint density at radius 2 is 1.85 bits per heavy atom. The first-order valence-corrected chi connectivity index (χ1v) is 8.69. The minimum atomic E-state index is -0.368. The van der Waals surface area contributed by atoms with E-state index in [-0.39, 0.29) is 36.8 Å². The monoisotopic (exact) mass is 355 g/mol. The summed E-state index contributed by atoms with van der Waals surface area (Å²) in [5.74, 6) is -0.924. The van der Waals surface area contributed by atoms with E-state index in [1.807, 2.05) is 18.2 Å². The Morgan fingerprint density at radius 3 is 2.62 bits per heavy atom. The molecule has 0 spiro atoms. The van der Waals surface area contributed by atoms with Crippen molar-refractivity contribution in [3.63, 3.8) is 0 Å². The molecule has 0 bridgehead atoms. The summed E-state index contributed by atoms with van der Waals surface area (Å²) < 4.78 is 12.9. The van der Waals surface area contributed by atoms with Crippen molar-refractivity contribution in [3.8, 4) is 0 Å². The first-order chi connectivity index (χ1) is 12.5. The number of carbonyl (C=O) groups excluding carboxylic acids is 2. The van der Waals surface area contributed by atoms with Gasteiger partial charge in [0, 0.05) is 17.4 Å². The number of aryl methyl sites for hydroxylation is 1. The number of nitrogens with zero attached hydrogens (tertiary/aromatic N) is 1. The van der Waals surface area contributed by atoms with Gasteiger partial charge in [0.2, 0.25) is 11.8 Å². The number of rotatable bonds is 5. The van der Waals surface area contributed by atoms with Gasteiger partial charge in [-0.25, -0.2) is 4.39 Å². The molecule has 0 aliphatic carbocycles. The SMILES string of the molecule is C[C@H]1CCc2ccccc2N1CC(=O)NCC(=O)Nc1ccc(F)cc1. The number of fused-ring (bicyclic) bond motifs is 1. The van der Waals surface area contributed by atoms with Crippen LogP contribution in [-0.2, 0) is 16.0 Å². The van der Waals surface area contributed by atoms with Crippen LogP contribution in [0.1, 0.15) is 18.9 Å². The lowest BCUT2D eigenvalue weighted by molar-refractivity contribution is -0.123. The molecule has 0 radical (unpaired) electrons. The molecule has 26 heavy (non-hydrogen) atoms. The summed E-state index contributed by atoms with van der Waals surface area (Å²) in [6, 6.07) is 13.8. The summed E-state index contributed by atoms with van der Waals surface area (Å²) in [4.78, 5) is 26.3. The summed E-state index contributed by atoms with van der Waals surface area (Å²) in [5.41, 5.74) is 2.81. The van der Waals surface area contributed by atoms with Crippen molar-refractivity contribution in [3.05, 3.63) is 59.9 Å². The molecule has 1 aliphatic heterocycles. The first kappa shape index (κ1) is 17.9. The van der Waals surface area contributed by atoms with Crippen molar-refractivity contribution in [1.29, 1.82) is 0 Å². The van der Waals surface area contributed by atoms with E-state index in [1.165, 1.54) is 29.8 Å². The maximum absolute atomic E-state index is 12.9. The molecular weight excluding hydrogens is 333 g/mol. The Morgan fingerprint density at radius 1 is 1.12 bits per heavy atom. The average molecular weight is 355 g/mol. The van der Waals surface area contributed by atoms with Crippen LogP contribution in [-0.4, -0.2) is 30.9 Å². The molecule has 2 aromatic carbocycles. The van der Waals surface area contributed by atoms with Gasteiger partial charge >= 0.3 is 0 Å². The van der Waals surface area contributed by atoms with E-state index in [0.29, 0.717) is 5.69 Å². The van der Waals surface area contributed by atoms with Crippen LogP contribution in [0.3, 0.4) is 0 Å². The van der Waals surface area contributed by atoms with Crippen LogP contribution in [0.2, 0.25) is 0 Å². The van der Waals surface area contributed by atoms with Crippen molar-refractivity contribution in [2.24, 2.45) is 0 Å². The maximum Gasteiger partial charge on any atom is 0.243 e. The highest BCUT2D eigenvalue weighted by Crippen LogP contribution is 2.29. The van der Waals surface area contributed by atoms with Crippen LogP contribution in [0.4, 0.5) is 15.8 Å². The van der Waals surface area contributed by atoms with Crippen LogP contribution in [0.15, 0.2) is 48.5 Å². The standard InChI is InChI=1S/C20H22FN3O2/c1-14-6-7-15-4-2-3-5-18(15)24(14)13-20(26)22-12-19(25)23-17-10-8-16(21)9-11-17/h2-5,8-11,14H,6-7,12-13H2,1H3,(H,22,26)(H,23,25)/t14-/m0/s1. The fraction of sp³-hybridized carbons (Fsp3) is 0.300. The molecule has 0 saturated heterocycles. The predicted octanol–water partition coefficient (Wildman–Crippen LogP) is 2.72. The van der Waals surface area contributed by atoms with Gasteiger partial charge in [-0.15, -0.1) is 0 Å². The molecule has 2 aromatic rings. The molecule has 0 aromatic heterocycles. The molecule has 3 rings (SSSR count). The van der Waals surface area contributed by atoms with E-state index in [4.69, 9.17) is 0 Å². The number of hydrogen-bond donors (Lipinski definition) is 2. The number of halogens is 1. The zero-order valence-corrected chi connectivity index (χ0v) is 14.7. The zero-order valence-electron chi connectivity index (χ0n) is 14.7. The number of benzene rings is 2. The average Bonchev–Trinajstić information content (AvgIpc) is 2.64. The van der Waals surface area contributed by atoms with Gasteiger partial charge in [-0.1, -0.05) is 18.2 Å². The van der Waals surface area contributed by atoms with E-state index < -0.39 is 0 Å². The lowest BCUT2D eigenvalue weighted by atomic mass is 9.97. The van der Waals surface area contributed by atoms with Crippen LogP contribution in [0.5, 0.6) is 0 Å². The third-order valence-electron chi connectivity index (χ3n) is 4.55. The van der Waals surface area contributed by atoms with E-state index in [1.54, 1.807) is 0 Å². The highest BCUT2D eigenvalue weighted by molar-refractivity contribution is 5.95. The summed E-state index contributed by atoms with van der Waals surface area (Å²) in [5, 5.41) is 5.26. The Hall–Kier alpha value is -2.89. The van der Waals surface area contributed by atoms with Crippen molar-refractivity contribution in [2.45, 2.75) is 25.8 Å². The van der Waals surface area contributed by atoms with E-state index in [2.05, 4.69) is 28.5 Å². The minimum absolute atomic E-state index is 0.125. The van der Waals surface area contributed by atoms with E-state index in [9.17, 15) is 14.0 Å². The van der Waals surface area contributed by atoms with Gasteiger partial charge in [0.25, 0.3) is 0 Å². The zero-order chi connectivity index (χ0) is 18.5. The number of nitrogens with one attached hydrogen (secondary N) is 2. The molecule has 0 unspecified atom stereocenters. The van der Waals surface area contributed by atoms with Gasteiger partial charge in [0.1, 0.15) is 5.82 Å². The number of anilines is 2. The van der Waals surface area contributed by atoms with Crippen LogP contribution in [0.25, 0.3) is 0 Å². The van der Waals surface area contributed by atoms with E-state index in [0.717, 1.165) is 18.5 Å². The molecule has 0 saturated carbocycles. The molecule has 0 fully saturated rings. The fourth-order valence-corrected chi connectivity index (χ4v) is 3.13. The molecule has 1 heterocycles. The highest BCUT2D eigenvalue weighted by atomic mass is 19.1. The summed E-state index contributed by atoms with van der Waals surface area (Å²) in [6.07, 6.45) is 2.00. The third-order valence-corrected chi connectivity index (χ3v) is 4.55. The van der Waals surface area contributed by atoms with Gasteiger partial charge in [-0.2, -0.15) is 0 Å². The second-order valence-electron chi connectivity index (χ2n) is 6.48. The first-order valence-electron chi connectivity index (χ1n) is 8.69. The Kier molecular flexibility index (Phi) is 5.51. The molecule has 6 heteroatoms. The topological polar surface area (TPSA) is 61.4 Å². The van der Waals surface area contributed by atoms with Crippen LogP contribution >= 0.6 is 0 Å². The second kappa shape index (κ2) is 7.99. The molecule has 1 aliphatic rings. The van der Waals surface area contributed by atoms with Gasteiger partial charge in [0.15, 0.2) is 0 Å². The molecule has 136 valence electrons. The molecule has 1 atom stereocenters. The maximum atomic E-state index is 12.9. The summed E-state index contributed by atoms with van der Waals surface area (Å²) in [7, 11) is 0. The van der Waals surface area contributed by atoms with Crippen molar-refractivity contribution in [1.82, 2.24) is 5.32 Å². The second-order valence-corrected chi connectivity index (χ2v) is 6.48. The van der Waals surface area contributed by atoms with Crippen molar-refractivity contribution in [2.75, 3.05) is 23.3 Å². The molecule has 5 nitrogen and oxygen atoms in total. The smallest absolute Gasteiger partial charge is 0.243 e. The van der Waals surface area contributed by atoms with Crippen LogP contribution < -0.4 is 15.5 Å². The van der Waals surface area contributed by atoms with Crippen LogP contribution in [0, 0.1) is 5.82 Å². The predicted molar refractivity (Wildman–Crippen MR) is 99.6 cm³/mol. The number of para-hydroxylation sites is 1. The molecular formula is C20H22FN3O2. The van der Waals surface area contributed by atoms with Gasteiger partial charge in [0.05, 0.1) is 13.1 Å². The lowest BCUT2D eigenvalue weighted by Crippen LogP contribution is -2.45. The number of amides is 2. The van der Waals surface area contributed by atoms with Gasteiger partial charge < -0.3 is 15.5 Å². The Balaban J connectivity index is 1.52. The summed E-state index contributed by atoms with van der Waals surface area (Å²) >= 11 is 0. The number of hydrogen-bond acceptors (Lipinski definition) is 3. The third kappa shape index (κ3) is 4.39. The van der Waals surface area contributed by atoms with Crippen molar-refractivity contribution < 1.29 is 14.0 Å². The summed E-state index contributed by atoms with van der Waals surface area (Å²) in [6.45, 7) is 2.19. The quantitative estimate of drug-likeness (QED) is 0.867. The van der Waals surface area contributed by atoms with Gasteiger partial charge in [-0.3, -0.25) is 9.59 Å². The largest absolute Gasteiger partial charge is 0.359 e. The van der Waals surface area contributed by atoms with Crippen molar-refractivity contribution >= 4 is 23.2 Å². The molecule has 2 N–H and O–H groups in total. The Bertz CT molecular complexity index is 792. The normalized spacial score (nSPS) is 15.9. The number of carbonyl (C=O) groups is 2. The highest BCUT2D eigenvalue weighted by Gasteiger charge is 2.24. The minimum Gasteiger partial charge on any atom is -0.359 e. The lowest BCUT2D eigenvalue weighted by Gasteiger charge is -2.36. The Labute approximate surface area is 152 Å². The fourth-order valence-electron chi connectivity index (χ4n) is 3.13.